The molecule has 3 aromatic rings. The van der Waals surface area contributed by atoms with Crippen molar-refractivity contribution in [2.45, 2.75) is 25.5 Å². The average molecular weight is 392 g/mol. The first-order valence-corrected chi connectivity index (χ1v) is 9.55. The van der Waals surface area contributed by atoms with E-state index in [4.69, 9.17) is 5.73 Å². The number of hydrogen-bond acceptors (Lipinski definition) is 6. The Bertz CT molecular complexity index is 1000. The van der Waals surface area contributed by atoms with Gasteiger partial charge in [-0.25, -0.2) is 9.97 Å². The van der Waals surface area contributed by atoms with Gasteiger partial charge in [-0.2, -0.15) is 0 Å². The molecule has 150 valence electrons. The number of hydrogen-bond donors (Lipinski definition) is 3. The van der Waals surface area contributed by atoms with Crippen LogP contribution in [0.1, 0.15) is 22.3 Å². The molecule has 0 spiro atoms. The lowest BCUT2D eigenvalue weighted by Gasteiger charge is -2.25. The molecule has 29 heavy (non-hydrogen) atoms. The van der Waals surface area contributed by atoms with Crippen LogP contribution in [0.3, 0.4) is 0 Å². The van der Waals surface area contributed by atoms with Crippen molar-refractivity contribution >= 4 is 17.5 Å². The molecule has 2 aromatic heterocycles. The highest BCUT2D eigenvalue weighted by Gasteiger charge is 2.32. The highest BCUT2D eigenvalue weighted by molar-refractivity contribution is 5.95. The largest absolute Gasteiger partial charge is 0.391 e. The first-order chi connectivity index (χ1) is 14.0. The molecule has 4 N–H and O–H groups in total. The minimum Gasteiger partial charge on any atom is -0.391 e. The van der Waals surface area contributed by atoms with Gasteiger partial charge in [-0.15, -0.1) is 0 Å². The van der Waals surface area contributed by atoms with E-state index in [1.54, 1.807) is 6.07 Å². The van der Waals surface area contributed by atoms with E-state index in [0.717, 1.165) is 11.3 Å². The van der Waals surface area contributed by atoms with Gasteiger partial charge < -0.3 is 25.6 Å². The van der Waals surface area contributed by atoms with Crippen LogP contribution in [0.2, 0.25) is 0 Å². The van der Waals surface area contributed by atoms with Gasteiger partial charge >= 0.3 is 0 Å². The van der Waals surface area contributed by atoms with Gasteiger partial charge in [-0.1, -0.05) is 0 Å². The van der Waals surface area contributed by atoms with Gasteiger partial charge in [0.1, 0.15) is 18.0 Å². The van der Waals surface area contributed by atoms with Crippen LogP contribution < -0.4 is 16.0 Å². The van der Waals surface area contributed by atoms with E-state index in [-0.39, 0.29) is 11.9 Å². The lowest BCUT2D eigenvalue weighted by Crippen LogP contribution is -2.40. The van der Waals surface area contributed by atoms with Crippen molar-refractivity contribution < 1.29 is 9.90 Å². The Morgan fingerprint density at radius 2 is 2.07 bits per heavy atom. The molecule has 1 fully saturated rings. The van der Waals surface area contributed by atoms with E-state index >= 15 is 0 Å². The Morgan fingerprint density at radius 3 is 2.79 bits per heavy atom. The topological polar surface area (TPSA) is 109 Å². The molecule has 8 heteroatoms. The van der Waals surface area contributed by atoms with Crippen LogP contribution in [-0.4, -0.2) is 50.8 Å². The van der Waals surface area contributed by atoms with Crippen molar-refractivity contribution in [1.82, 2.24) is 19.9 Å². The molecule has 0 aliphatic carbocycles. The van der Waals surface area contributed by atoms with Crippen LogP contribution in [0.4, 0.5) is 11.6 Å². The number of nitrogens with two attached hydrogens (primary N) is 1. The summed E-state index contributed by atoms with van der Waals surface area (Å²) in [6.45, 7) is 2.78. The molecule has 0 radical (unpaired) electrons. The number of β-amino-alcohol motifs (C(OH)–C–C–N with tert-alkyl or cyclic N) is 1. The molecule has 1 aliphatic heterocycles. The highest BCUT2D eigenvalue weighted by atomic mass is 16.3. The van der Waals surface area contributed by atoms with Crippen molar-refractivity contribution in [3.63, 3.8) is 0 Å². The molecule has 8 nitrogen and oxygen atoms in total. The van der Waals surface area contributed by atoms with Crippen LogP contribution in [0.15, 0.2) is 55.1 Å². The summed E-state index contributed by atoms with van der Waals surface area (Å²) in [5.74, 6) is 0.892. The Kier molecular flexibility index (Phi) is 5.18. The third-order valence-electron chi connectivity index (χ3n) is 5.22. The van der Waals surface area contributed by atoms with Gasteiger partial charge in [0.25, 0.3) is 5.91 Å². The summed E-state index contributed by atoms with van der Waals surface area (Å²) in [6.07, 6.45) is 5.41. The van der Waals surface area contributed by atoms with Gasteiger partial charge in [0.15, 0.2) is 0 Å². The van der Waals surface area contributed by atoms with Crippen molar-refractivity contribution in [1.29, 1.82) is 0 Å². The number of rotatable bonds is 5. The number of carbonyl (C=O) groups excluding carboxylic acids is 1. The number of nitrogens with zero attached hydrogens (tertiary/aromatic N) is 4. The molecule has 3 heterocycles. The van der Waals surface area contributed by atoms with Gasteiger partial charge in [-0.05, 0) is 49.2 Å². The fraction of sp³-hybridized carbons (Fsp3) is 0.286. The SMILES string of the molecule is Cc1cc(-n2cccc2)ccc1C(=O)NC[C@H]1C[C@@H](O)CN1c1cc(N)ncn1. The van der Waals surface area contributed by atoms with Crippen LogP contribution in [0, 0.1) is 6.92 Å². The number of nitrogens with one attached hydrogen (secondary N) is 1. The molecular weight excluding hydrogens is 368 g/mol. The van der Waals surface area contributed by atoms with Crippen LogP contribution in [0.25, 0.3) is 5.69 Å². The first kappa shape index (κ1) is 18.9. The quantitative estimate of drug-likeness (QED) is 0.608. The maximum Gasteiger partial charge on any atom is 0.251 e. The summed E-state index contributed by atoms with van der Waals surface area (Å²) in [7, 11) is 0. The van der Waals surface area contributed by atoms with Crippen molar-refractivity contribution in [3.8, 4) is 5.69 Å². The average Bonchev–Trinajstić information content (AvgIpc) is 3.36. The van der Waals surface area contributed by atoms with Gasteiger partial charge in [0.2, 0.25) is 0 Å². The number of amides is 1. The van der Waals surface area contributed by atoms with Crippen molar-refractivity contribution in [2.24, 2.45) is 0 Å². The lowest BCUT2D eigenvalue weighted by atomic mass is 10.1. The van der Waals surface area contributed by atoms with E-state index in [1.807, 2.05) is 59.1 Å². The minimum atomic E-state index is -0.476. The Hall–Kier alpha value is -3.39. The second-order valence-corrected chi connectivity index (χ2v) is 7.30. The van der Waals surface area contributed by atoms with E-state index in [9.17, 15) is 9.90 Å². The van der Waals surface area contributed by atoms with E-state index in [2.05, 4.69) is 15.3 Å². The number of aromatic nitrogens is 3. The second kappa shape index (κ2) is 7.92. The summed E-state index contributed by atoms with van der Waals surface area (Å²) in [4.78, 5) is 22.9. The maximum atomic E-state index is 12.8. The zero-order chi connectivity index (χ0) is 20.4. The number of anilines is 2. The fourth-order valence-corrected chi connectivity index (χ4v) is 3.76. The standard InChI is InChI=1S/C21H24N6O2/c1-14-8-15(26-6-2-3-7-26)4-5-18(14)21(29)23-11-16-9-17(28)12-27(16)20-10-19(22)24-13-25-20/h2-8,10,13,16-17,28H,9,11-12H2,1H3,(H,23,29)(H2,22,24,25)/t16-,17-/m1/s1. The highest BCUT2D eigenvalue weighted by Crippen LogP contribution is 2.24. The smallest absolute Gasteiger partial charge is 0.251 e. The van der Waals surface area contributed by atoms with Crippen molar-refractivity contribution in [2.75, 3.05) is 23.7 Å². The molecule has 2 atom stereocenters. The Morgan fingerprint density at radius 1 is 1.28 bits per heavy atom. The fourth-order valence-electron chi connectivity index (χ4n) is 3.76. The molecule has 1 saturated heterocycles. The summed E-state index contributed by atoms with van der Waals surface area (Å²) in [5, 5.41) is 13.1. The molecule has 0 unspecified atom stereocenters. The van der Waals surface area contributed by atoms with E-state index in [0.29, 0.717) is 36.7 Å². The molecular formula is C21H24N6O2. The lowest BCUT2D eigenvalue weighted by molar-refractivity contribution is 0.0949. The molecule has 1 aliphatic rings. The normalized spacial score (nSPS) is 18.8. The Labute approximate surface area is 169 Å². The zero-order valence-electron chi connectivity index (χ0n) is 16.2. The van der Waals surface area contributed by atoms with Crippen molar-refractivity contribution in [3.05, 3.63) is 66.2 Å². The molecule has 4 rings (SSSR count). The summed E-state index contributed by atoms with van der Waals surface area (Å²) in [5.41, 5.74) is 8.31. The number of aliphatic hydroxyl groups is 1. The monoisotopic (exact) mass is 392 g/mol. The minimum absolute atomic E-state index is 0.0669. The second-order valence-electron chi connectivity index (χ2n) is 7.30. The third-order valence-corrected chi connectivity index (χ3v) is 5.22. The van der Waals surface area contributed by atoms with Crippen LogP contribution in [0.5, 0.6) is 0 Å². The summed E-state index contributed by atoms with van der Waals surface area (Å²) < 4.78 is 2.00. The number of nitrogen functional groups attached to an aromatic ring is 1. The number of carbonyl (C=O) groups is 1. The number of aryl methyl sites for hydroxylation is 1. The summed E-state index contributed by atoms with van der Waals surface area (Å²) >= 11 is 0. The van der Waals surface area contributed by atoms with Crippen LogP contribution >= 0.6 is 0 Å². The zero-order valence-corrected chi connectivity index (χ0v) is 16.2. The number of aliphatic hydroxyl groups excluding tert-OH is 1. The van der Waals surface area contributed by atoms with Gasteiger partial charge in [0, 0.05) is 42.8 Å². The molecule has 0 saturated carbocycles. The third kappa shape index (κ3) is 4.07. The van der Waals surface area contributed by atoms with Gasteiger partial charge in [0.05, 0.1) is 12.1 Å². The molecule has 1 amide bonds. The predicted octanol–water partition coefficient (Wildman–Crippen LogP) is 1.53. The molecule has 1 aromatic carbocycles. The van der Waals surface area contributed by atoms with E-state index < -0.39 is 6.10 Å². The maximum absolute atomic E-state index is 12.8. The van der Waals surface area contributed by atoms with Crippen LogP contribution in [-0.2, 0) is 0 Å². The Balaban J connectivity index is 1.44. The molecule has 0 bridgehead atoms. The van der Waals surface area contributed by atoms with E-state index in [1.165, 1.54) is 6.33 Å². The predicted molar refractivity (Wildman–Crippen MR) is 111 cm³/mol. The number of benzene rings is 1. The summed E-state index contributed by atoms with van der Waals surface area (Å²) in [6, 6.07) is 11.3. The first-order valence-electron chi connectivity index (χ1n) is 9.55. The van der Waals surface area contributed by atoms with Gasteiger partial charge in [-0.3, -0.25) is 4.79 Å².